The molecule has 1 aliphatic rings. The largest absolute Gasteiger partial charge is 0.378 e. The number of ether oxygens (including phenoxy) is 1. The Labute approximate surface area is 132 Å². The Kier molecular flexibility index (Phi) is 7.06. The van der Waals surface area contributed by atoms with Crippen molar-refractivity contribution in [2.45, 2.75) is 6.42 Å². The lowest BCUT2D eigenvalue weighted by Gasteiger charge is -2.29. The Morgan fingerprint density at radius 2 is 1.95 bits per heavy atom. The first-order chi connectivity index (χ1) is 10.3. The molecule has 116 valence electrons. The fourth-order valence-corrected chi connectivity index (χ4v) is 3.10. The maximum atomic E-state index is 5.44. The quantitative estimate of drug-likeness (QED) is 0.475. The summed E-state index contributed by atoms with van der Waals surface area (Å²) in [5.41, 5.74) is 1.03. The summed E-state index contributed by atoms with van der Waals surface area (Å²) in [6.45, 7) is 4.59. The third kappa shape index (κ3) is 6.08. The number of hydrogen-bond donors (Lipinski definition) is 0. The van der Waals surface area contributed by atoms with Crippen LogP contribution >= 0.6 is 11.8 Å². The molecule has 1 aliphatic heterocycles. The summed E-state index contributed by atoms with van der Waals surface area (Å²) in [6.07, 6.45) is 1.18. The van der Waals surface area contributed by atoms with E-state index in [9.17, 15) is 0 Å². The molecule has 0 N–H and O–H groups in total. The van der Waals surface area contributed by atoms with Crippen molar-refractivity contribution in [1.82, 2.24) is 9.80 Å². The predicted octanol–water partition coefficient (Wildman–Crippen LogP) is 2.69. The number of para-hydroxylation sites is 1. The van der Waals surface area contributed by atoms with Gasteiger partial charge in [0.25, 0.3) is 0 Å². The van der Waals surface area contributed by atoms with E-state index in [2.05, 4.69) is 36.0 Å². The fourth-order valence-electron chi connectivity index (χ4n) is 2.11. The van der Waals surface area contributed by atoms with E-state index in [1.165, 1.54) is 6.42 Å². The highest BCUT2D eigenvalue weighted by Crippen LogP contribution is 2.19. The molecule has 4 nitrogen and oxygen atoms in total. The molecular formula is C16H25N3OS. The third-order valence-electron chi connectivity index (χ3n) is 3.24. The second kappa shape index (κ2) is 9.07. The van der Waals surface area contributed by atoms with Crippen molar-refractivity contribution in [1.29, 1.82) is 0 Å². The summed E-state index contributed by atoms with van der Waals surface area (Å²) in [4.78, 5) is 9.40. The molecular weight excluding hydrogens is 282 g/mol. The number of morpholine rings is 1. The van der Waals surface area contributed by atoms with Gasteiger partial charge >= 0.3 is 0 Å². The minimum atomic E-state index is 0.798. The lowest BCUT2D eigenvalue weighted by molar-refractivity contribution is 0.0693. The highest BCUT2D eigenvalue weighted by molar-refractivity contribution is 8.13. The molecule has 0 amide bonds. The smallest absolute Gasteiger partial charge is 0.164 e. The lowest BCUT2D eigenvalue weighted by Crippen LogP contribution is -2.39. The van der Waals surface area contributed by atoms with Gasteiger partial charge in [-0.05, 0) is 39.2 Å². The first kappa shape index (κ1) is 16.3. The van der Waals surface area contributed by atoms with Crippen molar-refractivity contribution in [2.75, 3.05) is 52.7 Å². The zero-order valence-corrected chi connectivity index (χ0v) is 13.8. The predicted molar refractivity (Wildman–Crippen MR) is 91.6 cm³/mol. The van der Waals surface area contributed by atoms with Gasteiger partial charge in [-0.25, -0.2) is 4.99 Å². The van der Waals surface area contributed by atoms with Crippen LogP contribution < -0.4 is 0 Å². The van der Waals surface area contributed by atoms with Crippen LogP contribution in [0.1, 0.15) is 6.42 Å². The van der Waals surface area contributed by atoms with Crippen molar-refractivity contribution in [3.05, 3.63) is 30.3 Å². The topological polar surface area (TPSA) is 28.1 Å². The highest BCUT2D eigenvalue weighted by atomic mass is 32.2. The second-order valence-corrected chi connectivity index (χ2v) is 6.40. The molecule has 1 aromatic carbocycles. The minimum absolute atomic E-state index is 0.798. The Morgan fingerprint density at radius 1 is 1.24 bits per heavy atom. The van der Waals surface area contributed by atoms with Crippen LogP contribution in [-0.2, 0) is 4.74 Å². The molecule has 1 saturated heterocycles. The van der Waals surface area contributed by atoms with E-state index >= 15 is 0 Å². The molecule has 0 aromatic heterocycles. The van der Waals surface area contributed by atoms with Gasteiger partial charge in [0.15, 0.2) is 5.17 Å². The summed E-state index contributed by atoms with van der Waals surface area (Å²) >= 11 is 1.86. The number of aliphatic imine (C=N–C) groups is 1. The molecule has 21 heavy (non-hydrogen) atoms. The molecule has 0 radical (unpaired) electrons. The van der Waals surface area contributed by atoms with Gasteiger partial charge < -0.3 is 14.5 Å². The van der Waals surface area contributed by atoms with Crippen LogP contribution in [0.15, 0.2) is 35.3 Å². The van der Waals surface area contributed by atoms with Crippen LogP contribution in [0, 0.1) is 0 Å². The van der Waals surface area contributed by atoms with Crippen LogP contribution in [0.2, 0.25) is 0 Å². The van der Waals surface area contributed by atoms with Crippen molar-refractivity contribution >= 4 is 22.6 Å². The molecule has 2 rings (SSSR count). The van der Waals surface area contributed by atoms with Gasteiger partial charge in [0.05, 0.1) is 18.9 Å². The number of hydrogen-bond acceptors (Lipinski definition) is 4. The van der Waals surface area contributed by atoms with E-state index in [-0.39, 0.29) is 0 Å². The van der Waals surface area contributed by atoms with Gasteiger partial charge in [-0.1, -0.05) is 30.0 Å². The van der Waals surface area contributed by atoms with Gasteiger partial charge in [0.1, 0.15) is 0 Å². The van der Waals surface area contributed by atoms with E-state index in [1.54, 1.807) is 0 Å². The molecule has 1 heterocycles. The van der Waals surface area contributed by atoms with E-state index in [0.29, 0.717) is 0 Å². The Bertz CT molecular complexity index is 430. The van der Waals surface area contributed by atoms with Crippen molar-refractivity contribution in [3.63, 3.8) is 0 Å². The highest BCUT2D eigenvalue weighted by Gasteiger charge is 2.15. The first-order valence-corrected chi connectivity index (χ1v) is 8.48. The third-order valence-corrected chi connectivity index (χ3v) is 4.34. The molecule has 0 bridgehead atoms. The molecule has 0 spiro atoms. The summed E-state index contributed by atoms with van der Waals surface area (Å²) in [7, 11) is 4.23. The normalized spacial score (nSPS) is 16.5. The van der Waals surface area contributed by atoms with Crippen LogP contribution in [0.3, 0.4) is 0 Å². The van der Waals surface area contributed by atoms with E-state index < -0.39 is 0 Å². The Balaban J connectivity index is 1.98. The molecule has 0 unspecified atom stereocenters. The van der Waals surface area contributed by atoms with Crippen molar-refractivity contribution in [3.8, 4) is 0 Å². The van der Waals surface area contributed by atoms with Gasteiger partial charge in [-0.2, -0.15) is 0 Å². The van der Waals surface area contributed by atoms with Crippen LogP contribution in [-0.4, -0.2) is 67.7 Å². The molecule has 1 aromatic rings. The van der Waals surface area contributed by atoms with Crippen molar-refractivity contribution < 1.29 is 4.74 Å². The zero-order chi connectivity index (χ0) is 14.9. The molecule has 5 heteroatoms. The standard InChI is InChI=1S/C16H25N3OS/c1-18(2)9-6-14-21-16(19-10-12-20-13-11-19)17-15-7-4-3-5-8-15/h3-5,7-8H,6,9-14H2,1-2H3. The number of nitrogens with zero attached hydrogens (tertiary/aromatic N) is 3. The van der Waals surface area contributed by atoms with Crippen molar-refractivity contribution in [2.24, 2.45) is 4.99 Å². The van der Waals surface area contributed by atoms with Gasteiger partial charge in [0.2, 0.25) is 0 Å². The number of benzene rings is 1. The molecule has 0 atom stereocenters. The average molecular weight is 307 g/mol. The maximum absolute atomic E-state index is 5.44. The molecule has 1 fully saturated rings. The zero-order valence-electron chi connectivity index (χ0n) is 13.0. The maximum Gasteiger partial charge on any atom is 0.164 e. The number of amidine groups is 1. The average Bonchev–Trinajstić information content (AvgIpc) is 2.52. The number of rotatable bonds is 5. The van der Waals surface area contributed by atoms with Crippen LogP contribution in [0.25, 0.3) is 0 Å². The summed E-state index contributed by atoms with van der Waals surface area (Å²) < 4.78 is 5.44. The Hall–Kier alpha value is -1.04. The SMILES string of the molecule is CN(C)CCCSC(=Nc1ccccc1)N1CCOCC1. The van der Waals surface area contributed by atoms with Crippen LogP contribution in [0.5, 0.6) is 0 Å². The monoisotopic (exact) mass is 307 g/mol. The molecule has 0 aliphatic carbocycles. The summed E-state index contributed by atoms with van der Waals surface area (Å²) in [5, 5.41) is 1.13. The second-order valence-electron chi connectivity index (χ2n) is 5.33. The first-order valence-electron chi connectivity index (χ1n) is 7.49. The summed E-state index contributed by atoms with van der Waals surface area (Å²) in [5.74, 6) is 1.10. The lowest BCUT2D eigenvalue weighted by atomic mass is 10.3. The molecule has 0 saturated carbocycles. The van der Waals surface area contributed by atoms with Gasteiger partial charge in [-0.15, -0.1) is 0 Å². The Morgan fingerprint density at radius 3 is 2.62 bits per heavy atom. The van der Waals surface area contributed by atoms with Gasteiger partial charge in [-0.3, -0.25) is 0 Å². The van der Waals surface area contributed by atoms with E-state index in [1.807, 2.05) is 30.0 Å². The summed E-state index contributed by atoms with van der Waals surface area (Å²) in [6, 6.07) is 10.2. The number of thioether (sulfide) groups is 1. The fraction of sp³-hybridized carbons (Fsp3) is 0.562. The van der Waals surface area contributed by atoms with Crippen LogP contribution in [0.4, 0.5) is 5.69 Å². The van der Waals surface area contributed by atoms with Gasteiger partial charge in [0, 0.05) is 18.8 Å². The van der Waals surface area contributed by atoms with E-state index in [0.717, 1.165) is 49.5 Å². The minimum Gasteiger partial charge on any atom is -0.378 e. The van der Waals surface area contributed by atoms with E-state index in [4.69, 9.17) is 9.73 Å².